The molecule has 1 fully saturated rings. The van der Waals surface area contributed by atoms with Crippen LogP contribution in [0.2, 0.25) is 0 Å². The first-order valence-corrected chi connectivity index (χ1v) is 10.2. The van der Waals surface area contributed by atoms with E-state index in [0.29, 0.717) is 6.04 Å². The fourth-order valence-corrected chi connectivity index (χ4v) is 4.41. The molecule has 0 amide bonds. The topological polar surface area (TPSA) is 46.6 Å². The number of likely N-dealkylation sites (tertiary alicyclic amines) is 1. The summed E-state index contributed by atoms with van der Waals surface area (Å²) in [6, 6.07) is 19.7. The van der Waals surface area contributed by atoms with Gasteiger partial charge in [-0.05, 0) is 55.3 Å². The molecule has 1 saturated heterocycles. The number of hydrogen-bond donors (Lipinski definition) is 1. The first-order chi connectivity index (χ1) is 13.7. The molecule has 0 saturated carbocycles. The summed E-state index contributed by atoms with van der Waals surface area (Å²) in [5.74, 6) is 0. The lowest BCUT2D eigenvalue weighted by molar-refractivity contribution is 0.151. The molecule has 3 heterocycles. The third kappa shape index (κ3) is 3.04. The third-order valence-corrected chi connectivity index (χ3v) is 6.06. The maximum atomic E-state index is 6.11. The normalized spacial score (nSPS) is 18.1. The summed E-state index contributed by atoms with van der Waals surface area (Å²) in [5, 5.41) is 2.50. The van der Waals surface area contributed by atoms with Gasteiger partial charge in [-0.25, -0.2) is 4.98 Å². The zero-order valence-corrected chi connectivity index (χ0v) is 16.3. The standard InChI is InChI=1S/C24H26N4/c1-17-6-4-5-13-27(17)16-22-24(26-23-12-11-21(25)15-28(22)23)20-10-9-18-7-2-3-8-19(18)14-20/h2-3,7-12,14-15,17H,4-6,13,16,25H2,1H3. The number of anilines is 1. The van der Waals surface area contributed by atoms with E-state index >= 15 is 0 Å². The Kier molecular flexibility index (Phi) is 4.29. The fraction of sp³-hybridized carbons (Fsp3) is 0.292. The maximum absolute atomic E-state index is 6.11. The van der Waals surface area contributed by atoms with Crippen LogP contribution in [-0.4, -0.2) is 26.9 Å². The Balaban J connectivity index is 1.66. The van der Waals surface area contributed by atoms with E-state index in [9.17, 15) is 0 Å². The minimum atomic E-state index is 0.602. The second kappa shape index (κ2) is 6.95. The number of rotatable bonds is 3. The average molecular weight is 371 g/mol. The van der Waals surface area contributed by atoms with Gasteiger partial charge >= 0.3 is 0 Å². The SMILES string of the molecule is CC1CCCCN1Cc1c(-c2ccc3ccccc3c2)nc2ccc(N)cn12. The summed E-state index contributed by atoms with van der Waals surface area (Å²) >= 11 is 0. The van der Waals surface area contributed by atoms with E-state index in [1.165, 1.54) is 41.3 Å². The van der Waals surface area contributed by atoms with Crippen molar-refractivity contribution in [2.45, 2.75) is 38.8 Å². The molecule has 0 bridgehead atoms. The fourth-order valence-electron chi connectivity index (χ4n) is 4.41. The van der Waals surface area contributed by atoms with Crippen LogP contribution in [0.25, 0.3) is 27.7 Å². The van der Waals surface area contributed by atoms with Crippen LogP contribution < -0.4 is 5.73 Å². The van der Waals surface area contributed by atoms with Crippen LogP contribution in [0.3, 0.4) is 0 Å². The minimum Gasteiger partial charge on any atom is -0.398 e. The molecular weight excluding hydrogens is 344 g/mol. The first-order valence-electron chi connectivity index (χ1n) is 10.2. The van der Waals surface area contributed by atoms with Crippen LogP contribution in [0, 0.1) is 0 Å². The highest BCUT2D eigenvalue weighted by atomic mass is 15.2. The summed E-state index contributed by atoms with van der Waals surface area (Å²) in [6.07, 6.45) is 5.88. The summed E-state index contributed by atoms with van der Waals surface area (Å²) in [4.78, 5) is 7.59. The number of nitrogens with zero attached hydrogens (tertiary/aromatic N) is 3. The van der Waals surface area contributed by atoms with Crippen molar-refractivity contribution in [3.8, 4) is 11.3 Å². The molecule has 4 aromatic rings. The van der Waals surface area contributed by atoms with Gasteiger partial charge in [0.2, 0.25) is 0 Å². The Bertz CT molecular complexity index is 1140. The van der Waals surface area contributed by atoms with Gasteiger partial charge in [-0.1, -0.05) is 42.8 Å². The van der Waals surface area contributed by atoms with Gasteiger partial charge < -0.3 is 10.1 Å². The van der Waals surface area contributed by atoms with E-state index in [1.54, 1.807) is 0 Å². The van der Waals surface area contributed by atoms with Crippen molar-refractivity contribution in [2.24, 2.45) is 0 Å². The molecule has 28 heavy (non-hydrogen) atoms. The number of nitrogen functional groups attached to an aromatic ring is 1. The van der Waals surface area contributed by atoms with Crippen molar-refractivity contribution in [1.82, 2.24) is 14.3 Å². The molecule has 2 aromatic carbocycles. The highest BCUT2D eigenvalue weighted by Gasteiger charge is 2.22. The van der Waals surface area contributed by atoms with Crippen LogP contribution in [0.5, 0.6) is 0 Å². The predicted octanol–water partition coefficient (Wildman–Crippen LogP) is 5.11. The van der Waals surface area contributed by atoms with Crippen LogP contribution in [-0.2, 0) is 6.54 Å². The predicted molar refractivity (Wildman–Crippen MR) is 116 cm³/mol. The van der Waals surface area contributed by atoms with Crippen LogP contribution >= 0.6 is 0 Å². The minimum absolute atomic E-state index is 0.602. The van der Waals surface area contributed by atoms with Gasteiger partial charge in [0.15, 0.2) is 0 Å². The van der Waals surface area contributed by atoms with Crippen molar-refractivity contribution in [1.29, 1.82) is 0 Å². The monoisotopic (exact) mass is 370 g/mol. The molecule has 1 aliphatic rings. The van der Waals surface area contributed by atoms with Crippen molar-refractivity contribution in [3.05, 3.63) is 66.5 Å². The Labute approximate surface area is 165 Å². The summed E-state index contributed by atoms with van der Waals surface area (Å²) in [6.45, 7) is 4.38. The number of imidazole rings is 1. The molecule has 142 valence electrons. The van der Waals surface area contributed by atoms with E-state index in [2.05, 4.69) is 58.7 Å². The van der Waals surface area contributed by atoms with E-state index in [-0.39, 0.29) is 0 Å². The number of benzene rings is 2. The van der Waals surface area contributed by atoms with E-state index < -0.39 is 0 Å². The summed E-state index contributed by atoms with van der Waals surface area (Å²) < 4.78 is 2.18. The van der Waals surface area contributed by atoms with Gasteiger partial charge in [-0.2, -0.15) is 0 Å². The molecular formula is C24H26N4. The molecule has 4 nitrogen and oxygen atoms in total. The zero-order valence-electron chi connectivity index (χ0n) is 16.3. The van der Waals surface area contributed by atoms with Gasteiger partial charge in [-0.15, -0.1) is 0 Å². The second-order valence-corrected chi connectivity index (χ2v) is 7.97. The molecule has 1 unspecified atom stereocenters. The molecule has 1 aliphatic heterocycles. The van der Waals surface area contributed by atoms with Gasteiger partial charge in [0.05, 0.1) is 11.4 Å². The largest absolute Gasteiger partial charge is 0.398 e. The average Bonchev–Trinajstić information content (AvgIpc) is 3.07. The Hall–Kier alpha value is -2.85. The summed E-state index contributed by atoms with van der Waals surface area (Å²) in [7, 11) is 0. The zero-order chi connectivity index (χ0) is 19.1. The quantitative estimate of drug-likeness (QED) is 0.545. The van der Waals surface area contributed by atoms with Gasteiger partial charge in [0.1, 0.15) is 5.65 Å². The molecule has 5 rings (SSSR count). The Morgan fingerprint density at radius 3 is 2.75 bits per heavy atom. The number of nitrogens with two attached hydrogens (primary N) is 1. The Morgan fingerprint density at radius 1 is 1.04 bits per heavy atom. The van der Waals surface area contributed by atoms with Crippen LogP contribution in [0.4, 0.5) is 5.69 Å². The van der Waals surface area contributed by atoms with E-state index in [0.717, 1.165) is 30.1 Å². The van der Waals surface area contributed by atoms with Crippen molar-refractivity contribution in [3.63, 3.8) is 0 Å². The van der Waals surface area contributed by atoms with E-state index in [1.807, 2.05) is 18.3 Å². The lowest BCUT2D eigenvalue weighted by atomic mass is 10.0. The Morgan fingerprint density at radius 2 is 1.89 bits per heavy atom. The number of fused-ring (bicyclic) bond motifs is 2. The molecule has 0 aliphatic carbocycles. The van der Waals surface area contributed by atoms with Crippen molar-refractivity contribution < 1.29 is 0 Å². The highest BCUT2D eigenvalue weighted by Crippen LogP contribution is 2.30. The van der Waals surface area contributed by atoms with Gasteiger partial charge in [0.25, 0.3) is 0 Å². The van der Waals surface area contributed by atoms with Gasteiger partial charge in [-0.3, -0.25) is 4.90 Å². The second-order valence-electron chi connectivity index (χ2n) is 7.97. The van der Waals surface area contributed by atoms with Gasteiger partial charge in [0, 0.05) is 30.0 Å². The number of aromatic nitrogens is 2. The van der Waals surface area contributed by atoms with E-state index in [4.69, 9.17) is 10.7 Å². The molecule has 0 radical (unpaired) electrons. The maximum Gasteiger partial charge on any atom is 0.137 e. The van der Waals surface area contributed by atoms with Crippen molar-refractivity contribution >= 4 is 22.1 Å². The highest BCUT2D eigenvalue weighted by molar-refractivity contribution is 5.87. The first kappa shape index (κ1) is 17.3. The lowest BCUT2D eigenvalue weighted by Gasteiger charge is -2.33. The molecule has 2 N–H and O–H groups in total. The molecule has 4 heteroatoms. The summed E-state index contributed by atoms with van der Waals surface area (Å²) in [5.41, 5.74) is 11.3. The molecule has 1 atom stereocenters. The number of hydrogen-bond acceptors (Lipinski definition) is 3. The lowest BCUT2D eigenvalue weighted by Crippen LogP contribution is -2.37. The number of piperidine rings is 1. The van der Waals surface area contributed by atoms with Crippen LogP contribution in [0.1, 0.15) is 31.9 Å². The third-order valence-electron chi connectivity index (χ3n) is 6.06. The molecule has 0 spiro atoms. The van der Waals surface area contributed by atoms with Crippen molar-refractivity contribution in [2.75, 3.05) is 12.3 Å². The molecule has 2 aromatic heterocycles. The van der Waals surface area contributed by atoms with Crippen LogP contribution in [0.15, 0.2) is 60.8 Å². The smallest absolute Gasteiger partial charge is 0.137 e. The number of pyridine rings is 1.